The summed E-state index contributed by atoms with van der Waals surface area (Å²) in [6.45, 7) is 3.04. The van der Waals surface area contributed by atoms with Gasteiger partial charge in [0.05, 0.1) is 18.2 Å². The Kier molecular flexibility index (Phi) is 3.73. The highest BCUT2D eigenvalue weighted by Crippen LogP contribution is 2.23. The number of anilines is 1. The number of imidazole rings is 1. The molecule has 0 radical (unpaired) electrons. The van der Waals surface area contributed by atoms with Gasteiger partial charge < -0.3 is 10.3 Å². The topological polar surface area (TPSA) is 43.8 Å². The maximum absolute atomic E-state index is 5.72. The number of nitrogens with zero attached hydrogens (tertiary/aromatic N) is 2. The fourth-order valence-electron chi connectivity index (χ4n) is 2.52. The first-order chi connectivity index (χ1) is 10.2. The first-order valence-corrected chi connectivity index (χ1v) is 7.14. The Labute approximate surface area is 125 Å². The third-order valence-corrected chi connectivity index (χ3v) is 3.75. The summed E-state index contributed by atoms with van der Waals surface area (Å²) in [7, 11) is 0. The minimum atomic E-state index is 0.807. The van der Waals surface area contributed by atoms with Gasteiger partial charge in [-0.1, -0.05) is 36.4 Å². The summed E-state index contributed by atoms with van der Waals surface area (Å²) in [5.41, 5.74) is 11.5. The SMILES string of the molecule is Cc1ccccc1-c1cncn1CCc1ccc(N)cc1. The second kappa shape index (κ2) is 5.83. The molecule has 1 aromatic heterocycles. The first-order valence-electron chi connectivity index (χ1n) is 7.14. The molecule has 1 heterocycles. The van der Waals surface area contributed by atoms with E-state index >= 15 is 0 Å². The summed E-state index contributed by atoms with van der Waals surface area (Å²) in [5, 5.41) is 0. The molecule has 21 heavy (non-hydrogen) atoms. The number of rotatable bonds is 4. The molecule has 0 bridgehead atoms. The van der Waals surface area contributed by atoms with Crippen molar-refractivity contribution in [2.75, 3.05) is 5.73 Å². The van der Waals surface area contributed by atoms with Gasteiger partial charge in [0.15, 0.2) is 0 Å². The van der Waals surface area contributed by atoms with E-state index in [0.717, 1.165) is 18.7 Å². The molecule has 0 aliphatic heterocycles. The normalized spacial score (nSPS) is 10.7. The summed E-state index contributed by atoms with van der Waals surface area (Å²) in [5.74, 6) is 0. The molecule has 2 N–H and O–H groups in total. The maximum Gasteiger partial charge on any atom is 0.0951 e. The molecule has 3 rings (SSSR count). The Balaban J connectivity index is 1.80. The highest BCUT2D eigenvalue weighted by atomic mass is 15.0. The number of hydrogen-bond donors (Lipinski definition) is 1. The van der Waals surface area contributed by atoms with Crippen LogP contribution < -0.4 is 5.73 Å². The number of aryl methyl sites for hydroxylation is 3. The molecule has 106 valence electrons. The van der Waals surface area contributed by atoms with Crippen LogP contribution in [0.4, 0.5) is 5.69 Å². The van der Waals surface area contributed by atoms with E-state index in [-0.39, 0.29) is 0 Å². The molecule has 3 heteroatoms. The van der Waals surface area contributed by atoms with E-state index in [9.17, 15) is 0 Å². The highest BCUT2D eigenvalue weighted by molar-refractivity contribution is 5.63. The molecule has 3 nitrogen and oxygen atoms in total. The zero-order chi connectivity index (χ0) is 14.7. The predicted octanol–water partition coefficient (Wildman–Crippen LogP) is 3.68. The van der Waals surface area contributed by atoms with Crippen molar-refractivity contribution in [3.8, 4) is 11.3 Å². The standard InChI is InChI=1S/C18H19N3/c1-14-4-2-3-5-17(14)18-12-20-13-21(18)11-10-15-6-8-16(19)9-7-15/h2-9,12-13H,10-11,19H2,1H3. The summed E-state index contributed by atoms with van der Waals surface area (Å²) in [6, 6.07) is 16.5. The van der Waals surface area contributed by atoms with E-state index in [0.29, 0.717) is 0 Å². The average Bonchev–Trinajstić information content (AvgIpc) is 2.95. The molecule has 0 spiro atoms. The Morgan fingerprint density at radius 3 is 2.57 bits per heavy atom. The molecule has 0 aliphatic rings. The van der Waals surface area contributed by atoms with Gasteiger partial charge in [-0.2, -0.15) is 0 Å². The van der Waals surface area contributed by atoms with Crippen molar-refractivity contribution in [2.24, 2.45) is 0 Å². The zero-order valence-electron chi connectivity index (χ0n) is 12.2. The minimum absolute atomic E-state index is 0.807. The van der Waals surface area contributed by atoms with Gasteiger partial charge in [-0.15, -0.1) is 0 Å². The molecule has 0 saturated heterocycles. The highest BCUT2D eigenvalue weighted by Gasteiger charge is 2.07. The van der Waals surface area contributed by atoms with Crippen molar-refractivity contribution in [2.45, 2.75) is 19.9 Å². The number of aromatic nitrogens is 2. The lowest BCUT2D eigenvalue weighted by atomic mass is 10.1. The van der Waals surface area contributed by atoms with Crippen molar-refractivity contribution in [3.63, 3.8) is 0 Å². The molecule has 0 amide bonds. The van der Waals surface area contributed by atoms with E-state index in [4.69, 9.17) is 5.73 Å². The van der Waals surface area contributed by atoms with E-state index in [1.165, 1.54) is 22.4 Å². The van der Waals surface area contributed by atoms with Gasteiger partial charge in [-0.05, 0) is 36.6 Å². The van der Waals surface area contributed by atoms with Crippen molar-refractivity contribution < 1.29 is 0 Å². The van der Waals surface area contributed by atoms with Crippen LogP contribution in [0.3, 0.4) is 0 Å². The molecular formula is C18H19N3. The Morgan fingerprint density at radius 2 is 1.81 bits per heavy atom. The molecule has 0 aliphatic carbocycles. The number of nitrogens with two attached hydrogens (primary N) is 1. The van der Waals surface area contributed by atoms with Crippen molar-refractivity contribution >= 4 is 5.69 Å². The number of benzene rings is 2. The van der Waals surface area contributed by atoms with E-state index in [2.05, 4.69) is 52.9 Å². The summed E-state index contributed by atoms with van der Waals surface area (Å²) >= 11 is 0. The summed E-state index contributed by atoms with van der Waals surface area (Å²) in [4.78, 5) is 4.31. The van der Waals surface area contributed by atoms with Crippen LogP contribution in [0.15, 0.2) is 61.1 Å². The third-order valence-electron chi connectivity index (χ3n) is 3.75. The van der Waals surface area contributed by atoms with Crippen LogP contribution in [0.5, 0.6) is 0 Å². The van der Waals surface area contributed by atoms with Crippen molar-refractivity contribution in [3.05, 3.63) is 72.2 Å². The van der Waals surface area contributed by atoms with Gasteiger partial charge in [-0.25, -0.2) is 4.98 Å². The fraction of sp³-hybridized carbons (Fsp3) is 0.167. The van der Waals surface area contributed by atoms with Crippen LogP contribution in [0, 0.1) is 6.92 Å². The lowest BCUT2D eigenvalue weighted by Crippen LogP contribution is -2.02. The Bertz CT molecular complexity index is 726. The molecule has 0 fully saturated rings. The lowest BCUT2D eigenvalue weighted by Gasteiger charge is -2.10. The second-order valence-electron chi connectivity index (χ2n) is 5.28. The van der Waals surface area contributed by atoms with E-state index in [1.54, 1.807) is 0 Å². The smallest absolute Gasteiger partial charge is 0.0951 e. The minimum Gasteiger partial charge on any atom is -0.399 e. The van der Waals surface area contributed by atoms with Crippen LogP contribution in [-0.2, 0) is 13.0 Å². The van der Waals surface area contributed by atoms with Crippen molar-refractivity contribution in [1.82, 2.24) is 9.55 Å². The van der Waals surface area contributed by atoms with Crippen LogP contribution in [-0.4, -0.2) is 9.55 Å². The molecule has 3 aromatic rings. The fourth-order valence-corrected chi connectivity index (χ4v) is 2.52. The van der Waals surface area contributed by atoms with Crippen LogP contribution in [0.2, 0.25) is 0 Å². The molecular weight excluding hydrogens is 258 g/mol. The van der Waals surface area contributed by atoms with E-state index < -0.39 is 0 Å². The molecule has 0 unspecified atom stereocenters. The summed E-state index contributed by atoms with van der Waals surface area (Å²) in [6.07, 6.45) is 4.81. The van der Waals surface area contributed by atoms with Gasteiger partial charge in [0.25, 0.3) is 0 Å². The zero-order valence-corrected chi connectivity index (χ0v) is 12.2. The molecule has 2 aromatic carbocycles. The quantitative estimate of drug-likeness (QED) is 0.739. The first kappa shape index (κ1) is 13.4. The number of nitrogen functional groups attached to an aromatic ring is 1. The maximum atomic E-state index is 5.72. The Hall–Kier alpha value is -2.55. The van der Waals surface area contributed by atoms with Gasteiger partial charge in [0.1, 0.15) is 0 Å². The average molecular weight is 277 g/mol. The van der Waals surface area contributed by atoms with Gasteiger partial charge in [-0.3, -0.25) is 0 Å². The largest absolute Gasteiger partial charge is 0.399 e. The lowest BCUT2D eigenvalue weighted by molar-refractivity contribution is 0.701. The summed E-state index contributed by atoms with van der Waals surface area (Å²) < 4.78 is 2.21. The molecule has 0 atom stereocenters. The van der Waals surface area contributed by atoms with Gasteiger partial charge in [0.2, 0.25) is 0 Å². The van der Waals surface area contributed by atoms with Crippen molar-refractivity contribution in [1.29, 1.82) is 0 Å². The monoisotopic (exact) mass is 277 g/mol. The predicted molar refractivity (Wildman–Crippen MR) is 87.0 cm³/mol. The number of hydrogen-bond acceptors (Lipinski definition) is 2. The second-order valence-corrected chi connectivity index (χ2v) is 5.28. The van der Waals surface area contributed by atoms with Gasteiger partial charge >= 0.3 is 0 Å². The van der Waals surface area contributed by atoms with Crippen LogP contribution in [0.1, 0.15) is 11.1 Å². The van der Waals surface area contributed by atoms with Crippen LogP contribution in [0.25, 0.3) is 11.3 Å². The Morgan fingerprint density at radius 1 is 1.05 bits per heavy atom. The molecule has 0 saturated carbocycles. The van der Waals surface area contributed by atoms with Crippen LogP contribution >= 0.6 is 0 Å². The van der Waals surface area contributed by atoms with E-state index in [1.807, 2.05) is 24.7 Å². The van der Waals surface area contributed by atoms with Gasteiger partial charge in [0, 0.05) is 17.8 Å². The third kappa shape index (κ3) is 2.97.